The number of halogens is 3. The van der Waals surface area contributed by atoms with Crippen LogP contribution in [0.3, 0.4) is 0 Å². The summed E-state index contributed by atoms with van der Waals surface area (Å²) in [5.41, 5.74) is 0.684. The second-order valence-corrected chi connectivity index (χ2v) is 7.50. The number of alkyl halides is 3. The minimum Gasteiger partial charge on any atom is -0.481 e. The van der Waals surface area contributed by atoms with E-state index in [2.05, 4.69) is 20.2 Å². The maximum atomic E-state index is 12.3. The molecule has 1 aromatic carbocycles. The van der Waals surface area contributed by atoms with Crippen LogP contribution in [-0.2, 0) is 9.53 Å². The topological polar surface area (TPSA) is 114 Å². The number of methoxy groups -OCH3 is 1. The van der Waals surface area contributed by atoms with E-state index in [0.717, 1.165) is 18.9 Å². The summed E-state index contributed by atoms with van der Waals surface area (Å²) in [5.74, 6) is -0.702. The molecule has 3 atom stereocenters. The van der Waals surface area contributed by atoms with Crippen LogP contribution in [-0.4, -0.2) is 72.6 Å². The number of aliphatic carboxylic acids is 1. The quantitative estimate of drug-likeness (QED) is 0.685. The molecular formula is C21H23F3N4O5. The second-order valence-electron chi connectivity index (χ2n) is 7.50. The van der Waals surface area contributed by atoms with Crippen molar-refractivity contribution in [3.05, 3.63) is 48.3 Å². The van der Waals surface area contributed by atoms with Crippen molar-refractivity contribution in [3.8, 4) is 5.88 Å². The molecule has 1 aromatic heterocycles. The molecule has 12 heteroatoms. The first-order valence-electron chi connectivity index (χ1n) is 10.0. The molecule has 9 nitrogen and oxygen atoms in total. The zero-order chi connectivity index (χ0) is 24.0. The van der Waals surface area contributed by atoms with Gasteiger partial charge in [0.1, 0.15) is 12.1 Å². The number of hydrogen-bond donors (Lipinski definition) is 2. The second kappa shape index (κ2) is 10.5. The van der Waals surface area contributed by atoms with Crippen molar-refractivity contribution < 1.29 is 37.3 Å². The summed E-state index contributed by atoms with van der Waals surface area (Å²) in [6.45, 7) is 2.96. The summed E-state index contributed by atoms with van der Waals surface area (Å²) in [5, 5.41) is 10.2. The lowest BCUT2D eigenvalue weighted by molar-refractivity contribution is -0.192. The average molecular weight is 468 g/mol. The monoisotopic (exact) mass is 468 g/mol. The van der Waals surface area contributed by atoms with E-state index in [-0.39, 0.29) is 12.0 Å². The fourth-order valence-electron chi connectivity index (χ4n) is 3.73. The van der Waals surface area contributed by atoms with Gasteiger partial charge < -0.3 is 24.8 Å². The van der Waals surface area contributed by atoms with Crippen LogP contribution >= 0.6 is 0 Å². The highest BCUT2D eigenvalue weighted by Crippen LogP contribution is 2.35. The van der Waals surface area contributed by atoms with Gasteiger partial charge in [0.2, 0.25) is 5.88 Å². The van der Waals surface area contributed by atoms with E-state index in [4.69, 9.17) is 19.4 Å². The molecule has 0 aliphatic carbocycles. The van der Waals surface area contributed by atoms with E-state index in [1.807, 2.05) is 36.4 Å². The van der Waals surface area contributed by atoms with Crippen LogP contribution in [0.2, 0.25) is 0 Å². The first-order valence-corrected chi connectivity index (χ1v) is 10.0. The highest BCUT2D eigenvalue weighted by molar-refractivity contribution is 5.94. The van der Waals surface area contributed by atoms with Gasteiger partial charge in [-0.3, -0.25) is 4.79 Å². The zero-order valence-electron chi connectivity index (χ0n) is 17.7. The summed E-state index contributed by atoms with van der Waals surface area (Å²) in [4.78, 5) is 31.8. The molecule has 2 aliphatic rings. The lowest BCUT2D eigenvalue weighted by Gasteiger charge is -2.21. The predicted octanol–water partition coefficient (Wildman–Crippen LogP) is 2.00. The molecule has 0 unspecified atom stereocenters. The maximum absolute atomic E-state index is 12.3. The number of ether oxygens (including phenoxy) is 2. The molecule has 0 spiro atoms. The van der Waals surface area contributed by atoms with Crippen LogP contribution in [0.15, 0.2) is 42.7 Å². The fourth-order valence-corrected chi connectivity index (χ4v) is 3.73. The van der Waals surface area contributed by atoms with Gasteiger partial charge in [-0.25, -0.2) is 14.8 Å². The standard InChI is InChI=1S/C19H22N4O3.C2HF3O2/c1-25-18-7-17(21-12-22-18)23-9-15-14(11-26-16(15)10-23)8-20-19(24)13-5-3-2-4-6-13;3-2(4,5)1(6)7/h2-7,12,14-16H,8-11H2,1H3,(H,20,24);(H,6,7)/t14-,15+,16+;/m0./s1. The number of carbonyl (C=O) groups is 2. The van der Waals surface area contributed by atoms with Crippen molar-refractivity contribution in [3.63, 3.8) is 0 Å². The molecule has 3 heterocycles. The number of nitrogens with one attached hydrogen (secondary N) is 1. The molecular weight excluding hydrogens is 445 g/mol. The summed E-state index contributed by atoms with van der Waals surface area (Å²) >= 11 is 0. The third-order valence-corrected chi connectivity index (χ3v) is 5.40. The number of anilines is 1. The van der Waals surface area contributed by atoms with Gasteiger partial charge >= 0.3 is 12.1 Å². The third kappa shape index (κ3) is 6.31. The number of carboxylic acids is 1. The number of nitrogens with zero attached hydrogens (tertiary/aromatic N) is 3. The maximum Gasteiger partial charge on any atom is 0.490 e. The van der Waals surface area contributed by atoms with Crippen LogP contribution in [0, 0.1) is 11.8 Å². The highest BCUT2D eigenvalue weighted by Gasteiger charge is 2.44. The molecule has 1 amide bonds. The molecule has 0 radical (unpaired) electrons. The minimum absolute atomic E-state index is 0.0376. The van der Waals surface area contributed by atoms with Gasteiger partial charge in [-0.1, -0.05) is 18.2 Å². The van der Waals surface area contributed by atoms with Crippen molar-refractivity contribution in [2.45, 2.75) is 12.3 Å². The Bertz CT molecular complexity index is 960. The molecule has 2 fully saturated rings. The highest BCUT2D eigenvalue weighted by atomic mass is 19.4. The Morgan fingerprint density at radius 3 is 2.58 bits per heavy atom. The molecule has 0 saturated carbocycles. The van der Waals surface area contributed by atoms with Crippen LogP contribution in [0.1, 0.15) is 10.4 Å². The molecule has 2 aromatic rings. The van der Waals surface area contributed by atoms with E-state index in [1.54, 1.807) is 7.11 Å². The first kappa shape index (κ1) is 24.2. The number of aromatic nitrogens is 2. The number of fused-ring (bicyclic) bond motifs is 1. The molecule has 0 bridgehead atoms. The molecule has 2 saturated heterocycles. The SMILES string of the molecule is COc1cc(N2C[C@@H]3[C@@H](CNC(=O)c4ccccc4)CO[C@@H]3C2)ncn1.O=C(O)C(F)(F)F. The lowest BCUT2D eigenvalue weighted by Crippen LogP contribution is -2.34. The average Bonchev–Trinajstić information content (AvgIpc) is 3.39. The summed E-state index contributed by atoms with van der Waals surface area (Å²) in [6, 6.07) is 11.1. The van der Waals surface area contributed by atoms with E-state index in [9.17, 15) is 18.0 Å². The van der Waals surface area contributed by atoms with Gasteiger partial charge in [0.25, 0.3) is 5.91 Å². The Labute approximate surface area is 187 Å². The number of amides is 1. The normalized spacial score (nSPS) is 21.6. The van der Waals surface area contributed by atoms with Crippen LogP contribution in [0.5, 0.6) is 5.88 Å². The van der Waals surface area contributed by atoms with Gasteiger partial charge in [0.15, 0.2) is 0 Å². The molecule has 4 rings (SSSR count). The number of benzene rings is 1. The molecule has 33 heavy (non-hydrogen) atoms. The minimum atomic E-state index is -5.08. The Hall–Kier alpha value is -3.41. The third-order valence-electron chi connectivity index (χ3n) is 5.40. The van der Waals surface area contributed by atoms with E-state index in [1.165, 1.54) is 6.33 Å². The summed E-state index contributed by atoms with van der Waals surface area (Å²) in [7, 11) is 1.60. The van der Waals surface area contributed by atoms with Crippen LogP contribution < -0.4 is 15.0 Å². The first-order chi connectivity index (χ1) is 15.7. The Morgan fingerprint density at radius 1 is 1.24 bits per heavy atom. The fraction of sp³-hybridized carbons (Fsp3) is 0.429. The molecule has 2 N–H and O–H groups in total. The Kier molecular flexibility index (Phi) is 7.69. The van der Waals surface area contributed by atoms with E-state index >= 15 is 0 Å². The largest absolute Gasteiger partial charge is 0.490 e. The van der Waals surface area contributed by atoms with Gasteiger partial charge in [0, 0.05) is 43.1 Å². The number of carbonyl (C=O) groups excluding carboxylic acids is 1. The van der Waals surface area contributed by atoms with Crippen molar-refractivity contribution in [2.24, 2.45) is 11.8 Å². The Balaban J connectivity index is 0.000000383. The van der Waals surface area contributed by atoms with E-state index in [0.29, 0.717) is 36.4 Å². The predicted molar refractivity (Wildman–Crippen MR) is 110 cm³/mol. The van der Waals surface area contributed by atoms with Crippen molar-refractivity contribution >= 4 is 17.7 Å². The zero-order valence-corrected chi connectivity index (χ0v) is 17.7. The van der Waals surface area contributed by atoms with Crippen molar-refractivity contribution in [1.29, 1.82) is 0 Å². The smallest absolute Gasteiger partial charge is 0.481 e. The summed E-state index contributed by atoms with van der Waals surface area (Å²) < 4.78 is 42.9. The van der Waals surface area contributed by atoms with Crippen molar-refractivity contribution in [2.75, 3.05) is 38.3 Å². The number of hydrogen-bond acceptors (Lipinski definition) is 7. The molecule has 178 valence electrons. The summed E-state index contributed by atoms with van der Waals surface area (Å²) in [6.07, 6.45) is -3.39. The lowest BCUT2D eigenvalue weighted by atomic mass is 9.93. The number of carboxylic acid groups (broad SMARTS) is 1. The van der Waals surface area contributed by atoms with Gasteiger partial charge in [-0.15, -0.1) is 0 Å². The molecule has 2 aliphatic heterocycles. The Morgan fingerprint density at radius 2 is 1.94 bits per heavy atom. The van der Waals surface area contributed by atoms with Gasteiger partial charge in [0.05, 0.1) is 19.8 Å². The van der Waals surface area contributed by atoms with Gasteiger partial charge in [-0.05, 0) is 12.1 Å². The van der Waals surface area contributed by atoms with Gasteiger partial charge in [-0.2, -0.15) is 13.2 Å². The van der Waals surface area contributed by atoms with Crippen LogP contribution in [0.4, 0.5) is 19.0 Å². The van der Waals surface area contributed by atoms with E-state index < -0.39 is 12.1 Å². The number of rotatable bonds is 5. The van der Waals surface area contributed by atoms with Crippen molar-refractivity contribution in [1.82, 2.24) is 15.3 Å². The van der Waals surface area contributed by atoms with Crippen LogP contribution in [0.25, 0.3) is 0 Å².